The van der Waals surface area contributed by atoms with E-state index in [2.05, 4.69) is 0 Å². The fourth-order valence-corrected chi connectivity index (χ4v) is 2.09. The molecule has 1 N–H and O–H groups in total. The third-order valence-corrected chi connectivity index (χ3v) is 3.25. The number of carbonyl (C=O) groups is 2. The van der Waals surface area contributed by atoms with Crippen molar-refractivity contribution in [3.63, 3.8) is 0 Å². The van der Waals surface area contributed by atoms with Crippen molar-refractivity contribution >= 4 is 41.2 Å². The number of ether oxygens (including phenoxy) is 1. The Morgan fingerprint density at radius 3 is 2.48 bits per heavy atom. The third-order valence-electron chi connectivity index (χ3n) is 2.60. The molecule has 0 aliphatic rings. The summed E-state index contributed by atoms with van der Waals surface area (Å²) < 4.78 is 4.85. The van der Waals surface area contributed by atoms with Gasteiger partial charge in [0.2, 0.25) is 5.91 Å². The minimum absolute atomic E-state index is 0.183. The van der Waals surface area contributed by atoms with Crippen LogP contribution in [0.25, 0.3) is 6.08 Å². The molecule has 21 heavy (non-hydrogen) atoms. The fourth-order valence-electron chi connectivity index (χ4n) is 1.56. The predicted octanol–water partition coefficient (Wildman–Crippen LogP) is 2.57. The van der Waals surface area contributed by atoms with Crippen molar-refractivity contribution in [1.82, 2.24) is 4.90 Å². The Balaban J connectivity index is 2.84. The van der Waals surface area contributed by atoms with Gasteiger partial charge in [-0.15, -0.1) is 0 Å². The maximum Gasteiger partial charge on any atom is 0.323 e. The van der Waals surface area contributed by atoms with Crippen molar-refractivity contribution < 1.29 is 19.4 Å². The molecule has 0 saturated heterocycles. The van der Waals surface area contributed by atoms with E-state index in [1.54, 1.807) is 18.2 Å². The number of carboxylic acid groups (broad SMARTS) is 1. The summed E-state index contributed by atoms with van der Waals surface area (Å²) in [6.07, 6.45) is 2.71. The van der Waals surface area contributed by atoms with Crippen LogP contribution in [-0.4, -0.2) is 48.7 Å². The van der Waals surface area contributed by atoms with E-state index in [1.165, 1.54) is 19.3 Å². The van der Waals surface area contributed by atoms with Crippen molar-refractivity contribution in [1.29, 1.82) is 0 Å². The zero-order valence-electron chi connectivity index (χ0n) is 11.4. The molecule has 1 rings (SSSR count). The number of hydrogen-bond donors (Lipinski definition) is 1. The van der Waals surface area contributed by atoms with Crippen LogP contribution in [0, 0.1) is 0 Å². The second-order valence-electron chi connectivity index (χ2n) is 4.11. The van der Waals surface area contributed by atoms with Crippen LogP contribution in [0.5, 0.6) is 0 Å². The Hall–Kier alpha value is -1.56. The van der Waals surface area contributed by atoms with Crippen molar-refractivity contribution in [3.05, 3.63) is 39.9 Å². The zero-order chi connectivity index (χ0) is 15.8. The first-order chi connectivity index (χ1) is 9.95. The molecule has 0 radical (unpaired) electrons. The molecule has 1 amide bonds. The van der Waals surface area contributed by atoms with Crippen LogP contribution < -0.4 is 0 Å². The second-order valence-corrected chi connectivity index (χ2v) is 4.93. The molecular formula is C14H15Cl2NO4. The SMILES string of the molecule is COCCN(CC(=O)O)C(=O)C=Cc1c(Cl)cccc1Cl. The highest BCUT2D eigenvalue weighted by molar-refractivity contribution is 6.37. The van der Waals surface area contributed by atoms with Crippen molar-refractivity contribution in [3.8, 4) is 0 Å². The van der Waals surface area contributed by atoms with E-state index in [4.69, 9.17) is 33.0 Å². The summed E-state index contributed by atoms with van der Waals surface area (Å²) in [6, 6.07) is 4.99. The second kappa shape index (κ2) is 8.67. The van der Waals surface area contributed by atoms with Gasteiger partial charge < -0.3 is 14.7 Å². The Morgan fingerprint density at radius 2 is 1.95 bits per heavy atom. The topological polar surface area (TPSA) is 66.8 Å². The molecule has 5 nitrogen and oxygen atoms in total. The molecule has 0 bridgehead atoms. The summed E-state index contributed by atoms with van der Waals surface area (Å²) in [4.78, 5) is 23.9. The number of benzene rings is 1. The van der Waals surface area contributed by atoms with Crippen LogP contribution in [0.15, 0.2) is 24.3 Å². The van der Waals surface area contributed by atoms with Crippen LogP contribution in [-0.2, 0) is 14.3 Å². The lowest BCUT2D eigenvalue weighted by Gasteiger charge is -2.18. The highest BCUT2D eigenvalue weighted by Gasteiger charge is 2.14. The van der Waals surface area contributed by atoms with Gasteiger partial charge in [-0.05, 0) is 18.2 Å². The van der Waals surface area contributed by atoms with Gasteiger partial charge in [0.1, 0.15) is 6.54 Å². The molecule has 0 spiro atoms. The molecule has 0 fully saturated rings. The molecule has 0 unspecified atom stereocenters. The molecule has 7 heteroatoms. The van der Waals surface area contributed by atoms with Crippen molar-refractivity contribution in [2.24, 2.45) is 0 Å². The minimum Gasteiger partial charge on any atom is -0.480 e. The van der Waals surface area contributed by atoms with Crippen LogP contribution >= 0.6 is 23.2 Å². The number of amides is 1. The number of methoxy groups -OCH3 is 1. The standard InChI is InChI=1S/C14H15Cl2NO4/c1-21-8-7-17(9-14(19)20)13(18)6-5-10-11(15)3-2-4-12(10)16/h2-6H,7-9H2,1H3,(H,19,20). The molecule has 0 saturated carbocycles. The molecule has 0 aliphatic heterocycles. The van der Waals surface area contributed by atoms with E-state index in [0.29, 0.717) is 15.6 Å². The van der Waals surface area contributed by atoms with E-state index in [0.717, 1.165) is 4.90 Å². The first-order valence-corrected chi connectivity index (χ1v) is 6.83. The summed E-state index contributed by atoms with van der Waals surface area (Å²) in [6.45, 7) is 0.0325. The highest BCUT2D eigenvalue weighted by atomic mass is 35.5. The summed E-state index contributed by atoms with van der Waals surface area (Å²) >= 11 is 12.0. The molecule has 114 valence electrons. The van der Waals surface area contributed by atoms with Gasteiger partial charge in [-0.2, -0.15) is 0 Å². The number of hydrogen-bond acceptors (Lipinski definition) is 3. The third kappa shape index (κ3) is 5.75. The van der Waals surface area contributed by atoms with Gasteiger partial charge in [0.05, 0.1) is 6.61 Å². The first kappa shape index (κ1) is 17.5. The zero-order valence-corrected chi connectivity index (χ0v) is 12.9. The first-order valence-electron chi connectivity index (χ1n) is 6.07. The van der Waals surface area contributed by atoms with Gasteiger partial charge in [0.15, 0.2) is 0 Å². The Morgan fingerprint density at radius 1 is 1.33 bits per heavy atom. The van der Waals surface area contributed by atoms with Crippen LogP contribution in [0.3, 0.4) is 0 Å². The summed E-state index contributed by atoms with van der Waals surface area (Å²) in [7, 11) is 1.47. The Kier molecular flexibility index (Phi) is 7.22. The smallest absolute Gasteiger partial charge is 0.323 e. The summed E-state index contributed by atoms with van der Waals surface area (Å²) in [5, 5.41) is 9.63. The fraction of sp³-hybridized carbons (Fsp3) is 0.286. The number of carboxylic acids is 1. The number of rotatable bonds is 7. The largest absolute Gasteiger partial charge is 0.480 e. The Bertz CT molecular complexity index is 526. The predicted molar refractivity (Wildman–Crippen MR) is 81.6 cm³/mol. The lowest BCUT2D eigenvalue weighted by molar-refractivity contribution is -0.143. The van der Waals surface area contributed by atoms with Gasteiger partial charge in [-0.1, -0.05) is 29.3 Å². The monoisotopic (exact) mass is 331 g/mol. The van der Waals surface area contributed by atoms with Crippen molar-refractivity contribution in [2.45, 2.75) is 0 Å². The quantitative estimate of drug-likeness (QED) is 0.780. The minimum atomic E-state index is -1.09. The number of halogens is 2. The highest BCUT2D eigenvalue weighted by Crippen LogP contribution is 2.25. The molecule has 0 aliphatic carbocycles. The number of nitrogens with zero attached hydrogens (tertiary/aromatic N) is 1. The summed E-state index contributed by atoms with van der Waals surface area (Å²) in [5.41, 5.74) is 0.510. The van der Waals surface area contributed by atoms with E-state index >= 15 is 0 Å². The molecule has 1 aromatic rings. The molecule has 0 heterocycles. The van der Waals surface area contributed by atoms with Gasteiger partial charge >= 0.3 is 5.97 Å². The van der Waals surface area contributed by atoms with Crippen LogP contribution in [0.4, 0.5) is 0 Å². The van der Waals surface area contributed by atoms with Gasteiger partial charge in [0, 0.05) is 35.3 Å². The van der Waals surface area contributed by atoms with Crippen LogP contribution in [0.1, 0.15) is 5.56 Å². The maximum atomic E-state index is 12.0. The van der Waals surface area contributed by atoms with E-state index in [9.17, 15) is 9.59 Å². The number of aliphatic carboxylic acids is 1. The average molecular weight is 332 g/mol. The van der Waals surface area contributed by atoms with Crippen molar-refractivity contribution in [2.75, 3.05) is 26.8 Å². The molecule has 1 aromatic carbocycles. The summed E-state index contributed by atoms with van der Waals surface area (Å²) in [5.74, 6) is -1.55. The van der Waals surface area contributed by atoms with Crippen LogP contribution in [0.2, 0.25) is 10.0 Å². The van der Waals surface area contributed by atoms with Gasteiger partial charge in [0.25, 0.3) is 0 Å². The van der Waals surface area contributed by atoms with E-state index in [-0.39, 0.29) is 13.2 Å². The van der Waals surface area contributed by atoms with Gasteiger partial charge in [-0.25, -0.2) is 0 Å². The van der Waals surface area contributed by atoms with E-state index < -0.39 is 18.4 Å². The molecule has 0 atom stereocenters. The van der Waals surface area contributed by atoms with E-state index in [1.807, 2.05) is 0 Å². The normalized spacial score (nSPS) is 10.8. The average Bonchev–Trinajstić information content (AvgIpc) is 2.42. The Labute approximate surface area is 132 Å². The maximum absolute atomic E-state index is 12.0. The lowest BCUT2D eigenvalue weighted by atomic mass is 10.2. The molecule has 0 aromatic heterocycles. The molecular weight excluding hydrogens is 317 g/mol. The lowest BCUT2D eigenvalue weighted by Crippen LogP contribution is -2.36. The number of carbonyl (C=O) groups excluding carboxylic acids is 1. The van der Waals surface area contributed by atoms with Gasteiger partial charge in [-0.3, -0.25) is 9.59 Å².